The van der Waals surface area contributed by atoms with Gasteiger partial charge in [0.2, 0.25) is 5.91 Å². The van der Waals surface area contributed by atoms with Gasteiger partial charge in [0.1, 0.15) is 18.2 Å². The molecule has 2 aliphatic rings. The summed E-state index contributed by atoms with van der Waals surface area (Å²) in [5.74, 6) is 1.29. The third-order valence-corrected chi connectivity index (χ3v) is 6.23. The maximum absolute atomic E-state index is 12.9. The molecule has 1 aromatic heterocycles. The zero-order chi connectivity index (χ0) is 24.8. The fraction of sp³-hybridized carbons (Fsp3) is 0.462. The van der Waals surface area contributed by atoms with Crippen LogP contribution in [0, 0.1) is 0 Å². The average molecular weight is 479 g/mol. The van der Waals surface area contributed by atoms with E-state index in [-0.39, 0.29) is 17.9 Å². The van der Waals surface area contributed by atoms with Crippen LogP contribution in [0.4, 0.5) is 11.5 Å². The van der Waals surface area contributed by atoms with Crippen molar-refractivity contribution in [2.24, 2.45) is 4.99 Å². The van der Waals surface area contributed by atoms with Crippen LogP contribution in [0.15, 0.2) is 47.5 Å². The van der Waals surface area contributed by atoms with Gasteiger partial charge >= 0.3 is 0 Å². The number of rotatable bonds is 9. The van der Waals surface area contributed by atoms with E-state index in [0.29, 0.717) is 37.3 Å². The lowest BCUT2D eigenvalue weighted by Crippen LogP contribution is -2.49. The largest absolute Gasteiger partial charge is 0.377 e. The zero-order valence-corrected chi connectivity index (χ0v) is 20.6. The zero-order valence-electron chi connectivity index (χ0n) is 20.6. The van der Waals surface area contributed by atoms with Crippen LogP contribution in [-0.2, 0) is 14.3 Å². The molecule has 2 unspecified atom stereocenters. The minimum Gasteiger partial charge on any atom is -0.377 e. The number of carbonyl (C=O) groups is 2. The minimum atomic E-state index is -0.384. The molecule has 2 heterocycles. The van der Waals surface area contributed by atoms with Crippen LogP contribution in [0.5, 0.6) is 0 Å². The Morgan fingerprint density at radius 2 is 2.20 bits per heavy atom. The van der Waals surface area contributed by atoms with E-state index in [9.17, 15) is 9.59 Å². The summed E-state index contributed by atoms with van der Waals surface area (Å²) in [7, 11) is 3.99. The summed E-state index contributed by atoms with van der Waals surface area (Å²) in [6.07, 6.45) is 7.21. The highest BCUT2D eigenvalue weighted by atomic mass is 16.5. The maximum atomic E-state index is 12.9. The number of aldehydes is 1. The Labute approximate surface area is 206 Å². The molecule has 9 nitrogen and oxygen atoms in total. The number of morpholine rings is 1. The molecule has 1 saturated carbocycles. The quantitative estimate of drug-likeness (QED) is 0.326. The number of aliphatic imine (C=N–C) groups is 1. The fourth-order valence-corrected chi connectivity index (χ4v) is 3.97. The lowest BCUT2D eigenvalue weighted by Gasteiger charge is -2.34. The van der Waals surface area contributed by atoms with Crippen LogP contribution in [0.1, 0.15) is 42.9 Å². The lowest BCUT2D eigenvalue weighted by atomic mass is 10.00. The molecular weight excluding hydrogens is 444 g/mol. The summed E-state index contributed by atoms with van der Waals surface area (Å²) < 4.78 is 5.48. The Morgan fingerprint density at radius 1 is 1.37 bits per heavy atom. The molecule has 4 rings (SSSR count). The molecule has 2 fully saturated rings. The van der Waals surface area contributed by atoms with Crippen molar-refractivity contribution in [3.05, 3.63) is 53.7 Å². The number of ether oxygens (including phenoxy) is 1. The average Bonchev–Trinajstić information content (AvgIpc) is 3.61. The van der Waals surface area contributed by atoms with Gasteiger partial charge in [-0.05, 0) is 57.6 Å². The van der Waals surface area contributed by atoms with Crippen molar-refractivity contribution in [1.82, 2.24) is 20.0 Å². The SMILES string of the molecule is CC(C(=O)Nc1cc(C2CC2)[nH]n1)c1cccc(N=C(/C=C/CN(C)C)N2CCOCC2C=O)c1. The van der Waals surface area contributed by atoms with Crippen molar-refractivity contribution in [2.75, 3.05) is 45.7 Å². The Kier molecular flexibility index (Phi) is 8.09. The Bertz CT molecular complexity index is 1090. The number of aromatic amines is 1. The molecule has 1 aromatic carbocycles. The van der Waals surface area contributed by atoms with Crippen LogP contribution in [0.25, 0.3) is 0 Å². The molecule has 0 bridgehead atoms. The van der Waals surface area contributed by atoms with E-state index in [1.165, 1.54) is 12.8 Å². The Balaban J connectivity index is 1.52. The molecule has 1 aliphatic heterocycles. The summed E-state index contributed by atoms with van der Waals surface area (Å²) in [4.78, 5) is 33.5. The number of likely N-dealkylation sites (N-methyl/N-ethyl adjacent to an activating group) is 1. The van der Waals surface area contributed by atoms with Gasteiger partial charge in [0, 0.05) is 30.8 Å². The highest BCUT2D eigenvalue weighted by Gasteiger charge is 2.27. The summed E-state index contributed by atoms with van der Waals surface area (Å²) in [6, 6.07) is 9.18. The number of amidine groups is 1. The van der Waals surface area contributed by atoms with E-state index in [2.05, 4.69) is 20.4 Å². The topological polar surface area (TPSA) is 103 Å². The number of amides is 1. The standard InChI is InChI=1S/C26H34N6O3/c1-18(26(34)28-24-15-23(29-30-24)19-9-10-19)20-6-4-7-21(14-20)27-25(8-5-11-31(2)3)32-12-13-35-17-22(32)16-33/h4-8,14-16,18-19,22H,9-13,17H2,1-3H3,(H2,28,29,30,34)/b8-5+,27-25?. The molecule has 186 valence electrons. The van der Waals surface area contributed by atoms with E-state index in [1.54, 1.807) is 0 Å². The van der Waals surface area contributed by atoms with E-state index in [0.717, 1.165) is 29.8 Å². The second-order valence-electron chi connectivity index (χ2n) is 9.40. The van der Waals surface area contributed by atoms with E-state index in [1.807, 2.05) is 68.4 Å². The lowest BCUT2D eigenvalue weighted by molar-refractivity contribution is -0.117. The van der Waals surface area contributed by atoms with Gasteiger partial charge in [-0.25, -0.2) is 4.99 Å². The number of aromatic nitrogens is 2. The first-order valence-electron chi connectivity index (χ1n) is 12.1. The van der Waals surface area contributed by atoms with Gasteiger partial charge in [0.15, 0.2) is 5.82 Å². The van der Waals surface area contributed by atoms with Gasteiger partial charge < -0.3 is 24.6 Å². The number of nitrogens with zero attached hydrogens (tertiary/aromatic N) is 4. The van der Waals surface area contributed by atoms with E-state index >= 15 is 0 Å². The fourth-order valence-electron chi connectivity index (χ4n) is 3.97. The number of anilines is 1. The second kappa shape index (κ2) is 11.4. The van der Waals surface area contributed by atoms with Crippen molar-refractivity contribution >= 4 is 29.5 Å². The molecule has 1 saturated heterocycles. The number of carbonyl (C=O) groups excluding carboxylic acids is 2. The summed E-state index contributed by atoms with van der Waals surface area (Å²) in [5, 5.41) is 10.2. The maximum Gasteiger partial charge on any atom is 0.232 e. The first kappa shape index (κ1) is 24.8. The monoisotopic (exact) mass is 478 g/mol. The van der Waals surface area contributed by atoms with E-state index < -0.39 is 0 Å². The summed E-state index contributed by atoms with van der Waals surface area (Å²) in [5.41, 5.74) is 2.65. The number of hydrogen-bond acceptors (Lipinski definition) is 6. The number of hydrogen-bond donors (Lipinski definition) is 2. The number of nitrogens with one attached hydrogen (secondary N) is 2. The molecule has 1 amide bonds. The van der Waals surface area contributed by atoms with Crippen LogP contribution < -0.4 is 5.32 Å². The van der Waals surface area contributed by atoms with Gasteiger partial charge in [-0.2, -0.15) is 5.10 Å². The molecular formula is C26H34N6O3. The van der Waals surface area contributed by atoms with Gasteiger partial charge in [-0.1, -0.05) is 18.2 Å². The van der Waals surface area contributed by atoms with Crippen molar-refractivity contribution in [2.45, 2.75) is 37.6 Å². The molecule has 2 atom stereocenters. The van der Waals surface area contributed by atoms with Gasteiger partial charge in [0.25, 0.3) is 0 Å². The second-order valence-corrected chi connectivity index (χ2v) is 9.40. The van der Waals surface area contributed by atoms with Crippen molar-refractivity contribution < 1.29 is 14.3 Å². The third kappa shape index (κ3) is 6.64. The summed E-state index contributed by atoms with van der Waals surface area (Å²) in [6.45, 7) is 4.09. The van der Waals surface area contributed by atoms with Crippen LogP contribution in [0.2, 0.25) is 0 Å². The predicted octanol–water partition coefficient (Wildman–Crippen LogP) is 3.08. The molecule has 1 aliphatic carbocycles. The highest BCUT2D eigenvalue weighted by molar-refractivity contribution is 5.97. The first-order chi connectivity index (χ1) is 16.9. The minimum absolute atomic E-state index is 0.125. The molecule has 9 heteroatoms. The van der Waals surface area contributed by atoms with Crippen molar-refractivity contribution in [1.29, 1.82) is 0 Å². The molecule has 2 aromatic rings. The number of benzene rings is 1. The highest BCUT2D eigenvalue weighted by Crippen LogP contribution is 2.39. The first-order valence-corrected chi connectivity index (χ1v) is 12.1. The van der Waals surface area contributed by atoms with E-state index in [4.69, 9.17) is 9.73 Å². The molecule has 0 spiro atoms. The van der Waals surface area contributed by atoms with Gasteiger partial charge in [-0.15, -0.1) is 0 Å². The van der Waals surface area contributed by atoms with Crippen LogP contribution in [-0.4, -0.2) is 84.5 Å². The predicted molar refractivity (Wildman–Crippen MR) is 136 cm³/mol. The third-order valence-electron chi connectivity index (χ3n) is 6.23. The van der Waals surface area contributed by atoms with Crippen molar-refractivity contribution in [3.63, 3.8) is 0 Å². The summed E-state index contributed by atoms with van der Waals surface area (Å²) >= 11 is 0. The smallest absolute Gasteiger partial charge is 0.232 e. The Morgan fingerprint density at radius 3 is 2.94 bits per heavy atom. The Hall–Kier alpha value is -3.30. The van der Waals surface area contributed by atoms with Gasteiger partial charge in [-0.3, -0.25) is 9.89 Å². The van der Waals surface area contributed by atoms with Gasteiger partial charge in [0.05, 0.1) is 24.8 Å². The van der Waals surface area contributed by atoms with Crippen molar-refractivity contribution in [3.8, 4) is 0 Å². The number of H-pyrrole nitrogens is 1. The molecule has 0 radical (unpaired) electrons. The normalized spacial score (nSPS) is 19.8. The molecule has 2 N–H and O–H groups in total. The van der Waals surface area contributed by atoms with Crippen LogP contribution >= 0.6 is 0 Å². The molecule has 35 heavy (non-hydrogen) atoms. The van der Waals surface area contributed by atoms with Crippen LogP contribution in [0.3, 0.4) is 0 Å².